The molecular weight excluding hydrogens is 419 g/mol. The molecular formula is C23H21IO. The monoisotopic (exact) mass is 440 g/mol. The van der Waals surface area contributed by atoms with E-state index in [1.807, 2.05) is 12.1 Å². The summed E-state index contributed by atoms with van der Waals surface area (Å²) in [6.07, 6.45) is 0.970. The highest BCUT2D eigenvalue weighted by atomic mass is 127. The van der Waals surface area contributed by atoms with Crippen LogP contribution in [0.2, 0.25) is 0 Å². The lowest BCUT2D eigenvalue weighted by Crippen LogP contribution is -1.95. The van der Waals surface area contributed by atoms with E-state index in [0.29, 0.717) is 0 Å². The van der Waals surface area contributed by atoms with Crippen molar-refractivity contribution in [2.75, 3.05) is 7.11 Å². The number of ether oxygens (including phenoxy) is 1. The van der Waals surface area contributed by atoms with Crippen molar-refractivity contribution in [3.63, 3.8) is 0 Å². The van der Waals surface area contributed by atoms with E-state index >= 15 is 0 Å². The molecule has 126 valence electrons. The molecule has 0 aromatic heterocycles. The van der Waals surface area contributed by atoms with Gasteiger partial charge in [0.2, 0.25) is 0 Å². The summed E-state index contributed by atoms with van der Waals surface area (Å²) < 4.78 is 6.57. The molecule has 25 heavy (non-hydrogen) atoms. The Hall–Kier alpha value is -2.07. The van der Waals surface area contributed by atoms with E-state index < -0.39 is 0 Å². The lowest BCUT2D eigenvalue weighted by atomic mass is 9.88. The van der Waals surface area contributed by atoms with Crippen molar-refractivity contribution in [3.8, 4) is 5.75 Å². The molecule has 3 rings (SSSR count). The van der Waals surface area contributed by atoms with E-state index in [0.717, 1.165) is 12.2 Å². The van der Waals surface area contributed by atoms with E-state index in [4.69, 9.17) is 4.74 Å². The lowest BCUT2D eigenvalue weighted by molar-refractivity contribution is 0.415. The molecule has 3 aromatic rings. The quantitative estimate of drug-likeness (QED) is 0.318. The van der Waals surface area contributed by atoms with Crippen molar-refractivity contribution < 1.29 is 4.74 Å². The molecule has 0 spiro atoms. The van der Waals surface area contributed by atoms with Crippen molar-refractivity contribution in [1.82, 2.24) is 0 Å². The van der Waals surface area contributed by atoms with Crippen LogP contribution in [0.15, 0.2) is 78.9 Å². The summed E-state index contributed by atoms with van der Waals surface area (Å²) in [5.41, 5.74) is 6.36. The zero-order chi connectivity index (χ0) is 17.6. The van der Waals surface area contributed by atoms with Gasteiger partial charge in [0.05, 0.1) is 7.11 Å². The first-order chi connectivity index (χ1) is 12.2. The maximum Gasteiger partial charge on any atom is 0.118 e. The highest BCUT2D eigenvalue weighted by molar-refractivity contribution is 14.1. The van der Waals surface area contributed by atoms with Gasteiger partial charge in [-0.05, 0) is 81.1 Å². The number of hydrogen-bond donors (Lipinski definition) is 0. The van der Waals surface area contributed by atoms with Gasteiger partial charge < -0.3 is 4.74 Å². The minimum atomic E-state index is 0.878. The Labute approximate surface area is 163 Å². The molecule has 0 atom stereocenters. The number of methoxy groups -OCH3 is 1. The van der Waals surface area contributed by atoms with Crippen molar-refractivity contribution in [2.24, 2.45) is 0 Å². The van der Waals surface area contributed by atoms with Crippen LogP contribution in [0.4, 0.5) is 0 Å². The summed E-state index contributed by atoms with van der Waals surface area (Å²) in [6.45, 7) is 2.22. The fourth-order valence-electron chi connectivity index (χ4n) is 3.05. The van der Waals surface area contributed by atoms with Crippen molar-refractivity contribution >= 4 is 33.7 Å². The number of hydrogen-bond acceptors (Lipinski definition) is 1. The Balaban J connectivity index is 2.23. The van der Waals surface area contributed by atoms with Crippen LogP contribution < -0.4 is 4.74 Å². The molecule has 0 aliphatic carbocycles. The second-order valence-corrected chi connectivity index (χ2v) is 7.05. The molecule has 0 N–H and O–H groups in total. The first kappa shape index (κ1) is 17.7. The summed E-state index contributed by atoms with van der Waals surface area (Å²) in [4.78, 5) is 0. The standard InChI is InChI=1S/C23H21IO/c1-3-22(17-7-5-4-6-8-17)23(18-9-13-20(24)14-10-18)19-11-15-21(25-2)16-12-19/h4-16H,3H2,1-2H3/b23-22-. The Kier molecular flexibility index (Phi) is 5.92. The van der Waals surface area contributed by atoms with Gasteiger partial charge in [-0.15, -0.1) is 0 Å². The zero-order valence-corrected chi connectivity index (χ0v) is 16.7. The van der Waals surface area contributed by atoms with Gasteiger partial charge in [-0.1, -0.05) is 61.5 Å². The van der Waals surface area contributed by atoms with Gasteiger partial charge in [0.25, 0.3) is 0 Å². The predicted molar refractivity (Wildman–Crippen MR) is 115 cm³/mol. The third-order valence-electron chi connectivity index (χ3n) is 4.29. The van der Waals surface area contributed by atoms with Crippen LogP contribution in [0.1, 0.15) is 30.0 Å². The Bertz CT molecular complexity index is 847. The van der Waals surface area contributed by atoms with Crippen LogP contribution in [-0.4, -0.2) is 7.11 Å². The molecule has 0 aliphatic rings. The van der Waals surface area contributed by atoms with Gasteiger partial charge in [-0.2, -0.15) is 0 Å². The van der Waals surface area contributed by atoms with Crippen LogP contribution >= 0.6 is 22.6 Å². The topological polar surface area (TPSA) is 9.23 Å². The van der Waals surface area contributed by atoms with Crippen LogP contribution in [0, 0.1) is 3.57 Å². The van der Waals surface area contributed by atoms with Crippen molar-refractivity contribution in [3.05, 3.63) is 99.1 Å². The summed E-state index contributed by atoms with van der Waals surface area (Å²) in [5.74, 6) is 0.878. The summed E-state index contributed by atoms with van der Waals surface area (Å²) >= 11 is 2.35. The SMILES string of the molecule is CC/C(=C(\c1ccc(I)cc1)c1ccc(OC)cc1)c1ccccc1. The van der Waals surface area contributed by atoms with E-state index in [1.165, 1.54) is 31.4 Å². The second kappa shape index (κ2) is 8.34. The maximum absolute atomic E-state index is 5.32. The van der Waals surface area contributed by atoms with E-state index in [9.17, 15) is 0 Å². The molecule has 0 amide bonds. The zero-order valence-electron chi connectivity index (χ0n) is 14.5. The second-order valence-electron chi connectivity index (χ2n) is 5.81. The smallest absolute Gasteiger partial charge is 0.118 e. The van der Waals surface area contributed by atoms with Crippen molar-refractivity contribution in [2.45, 2.75) is 13.3 Å². The minimum absolute atomic E-state index is 0.878. The van der Waals surface area contributed by atoms with Crippen LogP contribution in [0.5, 0.6) is 5.75 Å². The number of rotatable bonds is 5. The average Bonchev–Trinajstić information content (AvgIpc) is 2.68. The molecule has 0 aliphatic heterocycles. The molecule has 0 fully saturated rings. The van der Waals surface area contributed by atoms with Gasteiger partial charge in [-0.25, -0.2) is 0 Å². The van der Waals surface area contributed by atoms with Gasteiger partial charge in [0.15, 0.2) is 0 Å². The van der Waals surface area contributed by atoms with Gasteiger partial charge in [0.1, 0.15) is 5.75 Å². The van der Waals surface area contributed by atoms with E-state index in [1.54, 1.807) is 7.11 Å². The number of halogens is 1. The molecule has 0 bridgehead atoms. The predicted octanol–water partition coefficient (Wildman–Crippen LogP) is 6.67. The minimum Gasteiger partial charge on any atom is -0.497 e. The molecule has 2 heteroatoms. The summed E-state index contributed by atoms with van der Waals surface area (Å²) in [6, 6.07) is 27.7. The third-order valence-corrected chi connectivity index (χ3v) is 5.01. The Morgan fingerprint density at radius 3 is 1.84 bits per heavy atom. The number of benzene rings is 3. The van der Waals surface area contributed by atoms with Crippen LogP contribution in [0.25, 0.3) is 11.1 Å². The van der Waals surface area contributed by atoms with Crippen molar-refractivity contribution in [1.29, 1.82) is 0 Å². The molecule has 0 heterocycles. The van der Waals surface area contributed by atoms with Crippen LogP contribution in [0.3, 0.4) is 0 Å². The average molecular weight is 440 g/mol. The fraction of sp³-hybridized carbons (Fsp3) is 0.130. The third kappa shape index (κ3) is 4.13. The molecule has 0 radical (unpaired) electrons. The lowest BCUT2D eigenvalue weighted by Gasteiger charge is -2.16. The van der Waals surface area contributed by atoms with Crippen LogP contribution in [-0.2, 0) is 0 Å². The van der Waals surface area contributed by atoms with Gasteiger partial charge in [0, 0.05) is 3.57 Å². The highest BCUT2D eigenvalue weighted by Gasteiger charge is 2.13. The maximum atomic E-state index is 5.32. The largest absolute Gasteiger partial charge is 0.497 e. The summed E-state index contributed by atoms with van der Waals surface area (Å²) in [7, 11) is 1.70. The van der Waals surface area contributed by atoms with E-state index in [-0.39, 0.29) is 0 Å². The van der Waals surface area contributed by atoms with E-state index in [2.05, 4.69) is 96.2 Å². The molecule has 1 nitrogen and oxygen atoms in total. The molecule has 0 saturated carbocycles. The Morgan fingerprint density at radius 2 is 1.32 bits per heavy atom. The first-order valence-corrected chi connectivity index (χ1v) is 9.49. The normalized spacial score (nSPS) is 11.8. The Morgan fingerprint density at radius 1 is 0.760 bits per heavy atom. The summed E-state index contributed by atoms with van der Waals surface area (Å²) in [5, 5.41) is 0. The highest BCUT2D eigenvalue weighted by Crippen LogP contribution is 2.35. The number of allylic oxidation sites excluding steroid dienone is 1. The van der Waals surface area contributed by atoms with Gasteiger partial charge in [-0.3, -0.25) is 0 Å². The molecule has 0 unspecified atom stereocenters. The molecule has 0 saturated heterocycles. The molecule has 3 aromatic carbocycles. The fourth-order valence-corrected chi connectivity index (χ4v) is 3.41. The van der Waals surface area contributed by atoms with Gasteiger partial charge >= 0.3 is 0 Å². The first-order valence-electron chi connectivity index (χ1n) is 8.42.